The fourth-order valence-electron chi connectivity index (χ4n) is 2.42. The molecule has 2 aromatic rings. The van der Waals surface area contributed by atoms with E-state index in [1.807, 2.05) is 13.8 Å². The number of hydrogen-bond acceptors (Lipinski definition) is 6. The van der Waals surface area contributed by atoms with E-state index in [2.05, 4.69) is 10.4 Å². The summed E-state index contributed by atoms with van der Waals surface area (Å²) in [7, 11) is 3.61. The SMILES string of the molecule is CC(=NN(C)C)C(C)Oc1ccc(Nc2ccc(C(F)(F)F)cc2[N+](=O)[O-])cc1. The lowest BCUT2D eigenvalue weighted by Gasteiger charge is -2.17. The molecule has 156 valence electrons. The van der Waals surface area contributed by atoms with Crippen molar-refractivity contribution in [3.05, 3.63) is 58.1 Å². The van der Waals surface area contributed by atoms with E-state index in [0.717, 1.165) is 17.8 Å². The molecule has 0 aliphatic rings. The van der Waals surface area contributed by atoms with Gasteiger partial charge in [-0.2, -0.15) is 18.3 Å². The first-order chi connectivity index (χ1) is 13.5. The van der Waals surface area contributed by atoms with Crippen LogP contribution in [0.4, 0.5) is 30.2 Å². The number of nitro groups is 1. The summed E-state index contributed by atoms with van der Waals surface area (Å²) < 4.78 is 44.2. The molecule has 0 bridgehead atoms. The van der Waals surface area contributed by atoms with Crippen LogP contribution in [0.1, 0.15) is 19.4 Å². The van der Waals surface area contributed by atoms with Gasteiger partial charge in [0.05, 0.1) is 16.2 Å². The van der Waals surface area contributed by atoms with Crippen LogP contribution in [0.3, 0.4) is 0 Å². The van der Waals surface area contributed by atoms with Crippen molar-refractivity contribution in [3.8, 4) is 5.75 Å². The van der Waals surface area contributed by atoms with Gasteiger partial charge in [0.2, 0.25) is 0 Å². The number of rotatable bonds is 7. The minimum atomic E-state index is -4.66. The van der Waals surface area contributed by atoms with Gasteiger partial charge in [0.1, 0.15) is 17.5 Å². The van der Waals surface area contributed by atoms with E-state index in [9.17, 15) is 23.3 Å². The summed E-state index contributed by atoms with van der Waals surface area (Å²) in [5, 5.41) is 19.9. The van der Waals surface area contributed by atoms with Crippen molar-refractivity contribution in [1.29, 1.82) is 0 Å². The number of hydrogen-bond donors (Lipinski definition) is 1. The second kappa shape index (κ2) is 8.80. The number of nitrogens with zero attached hydrogens (tertiary/aromatic N) is 3. The highest BCUT2D eigenvalue weighted by Crippen LogP contribution is 2.36. The molecule has 1 N–H and O–H groups in total. The molecule has 0 aliphatic heterocycles. The zero-order valence-corrected chi connectivity index (χ0v) is 16.3. The summed E-state index contributed by atoms with van der Waals surface area (Å²) in [6.45, 7) is 3.68. The van der Waals surface area contributed by atoms with E-state index in [4.69, 9.17) is 4.74 Å². The van der Waals surface area contributed by atoms with Crippen LogP contribution in [-0.2, 0) is 6.18 Å². The van der Waals surface area contributed by atoms with Gasteiger partial charge < -0.3 is 15.1 Å². The van der Waals surface area contributed by atoms with E-state index >= 15 is 0 Å². The van der Waals surface area contributed by atoms with Crippen molar-refractivity contribution in [3.63, 3.8) is 0 Å². The summed E-state index contributed by atoms with van der Waals surface area (Å²) in [5.74, 6) is 0.554. The van der Waals surface area contributed by atoms with Crippen LogP contribution in [0.25, 0.3) is 0 Å². The largest absolute Gasteiger partial charge is 0.485 e. The van der Waals surface area contributed by atoms with Gasteiger partial charge in [0.25, 0.3) is 5.69 Å². The molecule has 0 radical (unpaired) electrons. The summed E-state index contributed by atoms with van der Waals surface area (Å²) in [6.07, 6.45) is -4.93. The molecule has 29 heavy (non-hydrogen) atoms. The first-order valence-electron chi connectivity index (χ1n) is 8.59. The Morgan fingerprint density at radius 2 is 1.83 bits per heavy atom. The highest BCUT2D eigenvalue weighted by molar-refractivity contribution is 5.86. The highest BCUT2D eigenvalue weighted by Gasteiger charge is 2.33. The minimum absolute atomic E-state index is 0.0426. The quantitative estimate of drug-likeness (QED) is 0.392. The third-order valence-electron chi connectivity index (χ3n) is 3.91. The smallest absolute Gasteiger partial charge is 0.416 e. The van der Waals surface area contributed by atoms with Gasteiger partial charge in [0, 0.05) is 25.8 Å². The van der Waals surface area contributed by atoms with Crippen LogP contribution in [0, 0.1) is 10.1 Å². The molecule has 1 unspecified atom stereocenters. The van der Waals surface area contributed by atoms with Crippen molar-refractivity contribution in [2.75, 3.05) is 19.4 Å². The molecule has 0 aliphatic carbocycles. The Hall–Kier alpha value is -3.30. The van der Waals surface area contributed by atoms with Crippen molar-refractivity contribution in [2.24, 2.45) is 5.10 Å². The highest BCUT2D eigenvalue weighted by atomic mass is 19.4. The fraction of sp³-hybridized carbons (Fsp3) is 0.316. The maximum atomic E-state index is 12.8. The van der Waals surface area contributed by atoms with Crippen LogP contribution >= 0.6 is 0 Å². The molecule has 2 rings (SSSR count). The predicted molar refractivity (Wildman–Crippen MR) is 105 cm³/mol. The molecule has 1 atom stereocenters. The molecular weight excluding hydrogens is 389 g/mol. The summed E-state index contributed by atoms with van der Waals surface area (Å²) in [6, 6.07) is 8.86. The number of ether oxygens (including phenoxy) is 1. The number of alkyl halides is 3. The predicted octanol–water partition coefficient (Wildman–Crippen LogP) is 5.06. The van der Waals surface area contributed by atoms with Crippen LogP contribution in [0.15, 0.2) is 47.6 Å². The monoisotopic (exact) mass is 410 g/mol. The van der Waals surface area contributed by atoms with Crippen LogP contribution in [-0.4, -0.2) is 35.8 Å². The molecule has 2 aromatic carbocycles. The lowest BCUT2D eigenvalue weighted by Crippen LogP contribution is -2.23. The number of nitro benzene ring substituents is 1. The van der Waals surface area contributed by atoms with Crippen molar-refractivity contribution in [2.45, 2.75) is 26.1 Å². The Labute approximate surface area is 165 Å². The van der Waals surface area contributed by atoms with Gasteiger partial charge in [-0.25, -0.2) is 0 Å². The Kier molecular flexibility index (Phi) is 6.68. The molecule has 0 spiro atoms. The van der Waals surface area contributed by atoms with Gasteiger partial charge in [-0.15, -0.1) is 0 Å². The van der Waals surface area contributed by atoms with Gasteiger partial charge >= 0.3 is 6.18 Å². The van der Waals surface area contributed by atoms with E-state index in [-0.39, 0.29) is 11.8 Å². The van der Waals surface area contributed by atoms with Crippen LogP contribution in [0.2, 0.25) is 0 Å². The van der Waals surface area contributed by atoms with Crippen molar-refractivity contribution >= 4 is 22.8 Å². The Morgan fingerprint density at radius 1 is 1.21 bits per heavy atom. The van der Waals surface area contributed by atoms with E-state index < -0.39 is 22.4 Å². The van der Waals surface area contributed by atoms with Gasteiger partial charge in [-0.1, -0.05) is 0 Å². The zero-order chi connectivity index (χ0) is 21.8. The molecule has 0 heterocycles. The second-order valence-electron chi connectivity index (χ2n) is 6.48. The summed E-state index contributed by atoms with van der Waals surface area (Å²) >= 11 is 0. The van der Waals surface area contributed by atoms with Crippen LogP contribution in [0.5, 0.6) is 5.75 Å². The Morgan fingerprint density at radius 3 is 2.34 bits per heavy atom. The van der Waals surface area contributed by atoms with E-state index in [1.165, 1.54) is 0 Å². The topological polar surface area (TPSA) is 80.0 Å². The first-order valence-corrected chi connectivity index (χ1v) is 8.59. The van der Waals surface area contributed by atoms with Gasteiger partial charge in [0.15, 0.2) is 0 Å². The number of anilines is 2. The lowest BCUT2D eigenvalue weighted by atomic mass is 10.1. The molecule has 0 aromatic heterocycles. The van der Waals surface area contributed by atoms with Gasteiger partial charge in [-0.05, 0) is 50.2 Å². The Bertz CT molecular complexity index is 897. The number of halogens is 3. The second-order valence-corrected chi connectivity index (χ2v) is 6.48. The third-order valence-corrected chi connectivity index (χ3v) is 3.91. The van der Waals surface area contributed by atoms with E-state index in [1.54, 1.807) is 43.4 Å². The Balaban J connectivity index is 2.16. The fourth-order valence-corrected chi connectivity index (χ4v) is 2.42. The number of benzene rings is 2. The van der Waals surface area contributed by atoms with E-state index in [0.29, 0.717) is 17.5 Å². The van der Waals surface area contributed by atoms with Crippen molar-refractivity contribution in [1.82, 2.24) is 5.01 Å². The molecule has 10 heteroatoms. The third kappa shape index (κ3) is 6.09. The average molecular weight is 410 g/mol. The zero-order valence-electron chi connectivity index (χ0n) is 16.3. The van der Waals surface area contributed by atoms with Gasteiger partial charge in [-0.3, -0.25) is 10.1 Å². The molecule has 0 amide bonds. The molecule has 0 saturated heterocycles. The minimum Gasteiger partial charge on any atom is -0.485 e. The first kappa shape index (κ1) is 22.0. The molecule has 7 nitrogen and oxygen atoms in total. The number of nitrogens with one attached hydrogen (secondary N) is 1. The molecule has 0 fully saturated rings. The maximum Gasteiger partial charge on any atom is 0.416 e. The summed E-state index contributed by atoms with van der Waals surface area (Å²) in [4.78, 5) is 10.3. The standard InChI is InChI=1S/C19H21F3N4O3/c1-12(24-25(3)4)13(2)29-16-8-6-15(7-9-16)23-17-10-5-14(19(20,21)22)11-18(17)26(27)28/h5-11,13,23H,1-4H3. The van der Waals surface area contributed by atoms with Crippen LogP contribution < -0.4 is 10.1 Å². The van der Waals surface area contributed by atoms with Crippen molar-refractivity contribution < 1.29 is 22.8 Å². The normalized spacial score (nSPS) is 13.0. The molecule has 0 saturated carbocycles. The number of hydrazone groups is 1. The average Bonchev–Trinajstić information content (AvgIpc) is 2.62. The summed E-state index contributed by atoms with van der Waals surface area (Å²) in [5.41, 5.74) is -0.547. The lowest BCUT2D eigenvalue weighted by molar-refractivity contribution is -0.384. The maximum absolute atomic E-state index is 12.8. The molecular formula is C19H21F3N4O3.